The molecule has 2 spiro atoms. The van der Waals surface area contributed by atoms with Crippen molar-refractivity contribution >= 4 is 11.8 Å². The van der Waals surface area contributed by atoms with E-state index in [-0.39, 0.29) is 17.5 Å². The van der Waals surface area contributed by atoms with Crippen molar-refractivity contribution in [1.82, 2.24) is 0 Å². The van der Waals surface area contributed by atoms with Crippen molar-refractivity contribution in [3.63, 3.8) is 0 Å². The summed E-state index contributed by atoms with van der Waals surface area (Å²) in [5, 5.41) is 0. The minimum atomic E-state index is -0.110. The average Bonchev–Trinajstić information content (AvgIpc) is 3.36. The summed E-state index contributed by atoms with van der Waals surface area (Å²) in [7, 11) is 0. The molecule has 0 heterocycles. The molecule has 0 bridgehead atoms. The molecule has 5 rings (SSSR count). The monoisotopic (exact) mass is 470 g/mol. The molecule has 5 fully saturated rings. The van der Waals surface area contributed by atoms with E-state index in [0.717, 1.165) is 31.1 Å². The van der Waals surface area contributed by atoms with Crippen LogP contribution >= 0.6 is 0 Å². The van der Waals surface area contributed by atoms with Gasteiger partial charge in [0.05, 0.1) is 0 Å². The molecule has 0 N–H and O–H groups in total. The van der Waals surface area contributed by atoms with Crippen LogP contribution in [0.5, 0.6) is 0 Å². The quantitative estimate of drug-likeness (QED) is 0.373. The topological polar surface area (TPSA) is 43.4 Å². The second-order valence-corrected chi connectivity index (χ2v) is 14.5. The largest absolute Gasteiger partial charge is 0.462 e. The fourth-order valence-corrected chi connectivity index (χ4v) is 11.5. The molecule has 9 unspecified atom stereocenters. The lowest BCUT2D eigenvalue weighted by Gasteiger charge is -2.63. The first-order valence-corrected chi connectivity index (χ1v) is 14.6. The highest BCUT2D eigenvalue weighted by Crippen LogP contribution is 2.89. The highest BCUT2D eigenvalue weighted by molar-refractivity contribution is 5.77. The predicted molar refractivity (Wildman–Crippen MR) is 136 cm³/mol. The fraction of sp³-hybridized carbons (Fsp3) is 0.935. The molecule has 5 aliphatic carbocycles. The van der Waals surface area contributed by atoms with Gasteiger partial charge in [0.25, 0.3) is 0 Å². The van der Waals surface area contributed by atoms with E-state index in [1.807, 2.05) is 6.92 Å². The number of hydrogen-bond acceptors (Lipinski definition) is 3. The van der Waals surface area contributed by atoms with Gasteiger partial charge in [-0.3, -0.25) is 9.59 Å². The number of ketones is 1. The Morgan fingerprint density at radius 3 is 2.24 bits per heavy atom. The molecule has 5 aliphatic rings. The summed E-state index contributed by atoms with van der Waals surface area (Å²) in [6, 6.07) is 0. The summed E-state index contributed by atoms with van der Waals surface area (Å²) in [6.45, 7) is 16.2. The lowest BCUT2D eigenvalue weighted by Crippen LogP contribution is -2.58. The second-order valence-electron chi connectivity index (χ2n) is 14.5. The lowest BCUT2D eigenvalue weighted by molar-refractivity contribution is -0.181. The SMILES string of the molecule is CCC(=O)CCC(C)C1CCC2(C)C3CCC4C(C)(C)C(OC(C)=O)CCC45CC35CCC12C. The Labute approximate surface area is 208 Å². The number of rotatable bonds is 6. The van der Waals surface area contributed by atoms with Gasteiger partial charge in [0.2, 0.25) is 0 Å². The third-order valence-corrected chi connectivity index (χ3v) is 13.4. The van der Waals surface area contributed by atoms with Crippen LogP contribution in [0.1, 0.15) is 126 Å². The Kier molecular flexibility index (Phi) is 5.71. The van der Waals surface area contributed by atoms with Crippen molar-refractivity contribution in [3.8, 4) is 0 Å². The molecule has 3 heteroatoms. The van der Waals surface area contributed by atoms with Gasteiger partial charge in [0, 0.05) is 25.2 Å². The van der Waals surface area contributed by atoms with Gasteiger partial charge >= 0.3 is 5.97 Å². The van der Waals surface area contributed by atoms with E-state index in [1.54, 1.807) is 6.92 Å². The maximum absolute atomic E-state index is 12.0. The highest BCUT2D eigenvalue weighted by atomic mass is 16.5. The minimum Gasteiger partial charge on any atom is -0.462 e. The van der Waals surface area contributed by atoms with Gasteiger partial charge in [-0.2, -0.15) is 0 Å². The van der Waals surface area contributed by atoms with Crippen molar-refractivity contribution in [3.05, 3.63) is 0 Å². The molecule has 0 amide bonds. The van der Waals surface area contributed by atoms with Crippen LogP contribution in [0.15, 0.2) is 0 Å². The molecule has 34 heavy (non-hydrogen) atoms. The molecule has 0 radical (unpaired) electrons. The van der Waals surface area contributed by atoms with Gasteiger partial charge in [-0.25, -0.2) is 0 Å². The van der Waals surface area contributed by atoms with E-state index in [0.29, 0.717) is 45.7 Å². The Morgan fingerprint density at radius 2 is 1.56 bits per heavy atom. The summed E-state index contributed by atoms with van der Waals surface area (Å²) in [5.41, 5.74) is 1.97. The van der Waals surface area contributed by atoms with Gasteiger partial charge in [-0.1, -0.05) is 41.5 Å². The lowest BCUT2D eigenvalue weighted by atomic mass is 9.41. The van der Waals surface area contributed by atoms with E-state index in [1.165, 1.54) is 51.4 Å². The molecular formula is C31H50O3. The molecule has 0 aromatic heterocycles. The molecule has 0 aromatic rings. The average molecular weight is 471 g/mol. The van der Waals surface area contributed by atoms with E-state index in [2.05, 4.69) is 34.6 Å². The van der Waals surface area contributed by atoms with Crippen molar-refractivity contribution in [2.75, 3.05) is 0 Å². The fourth-order valence-electron chi connectivity index (χ4n) is 11.5. The molecule has 0 saturated heterocycles. The third-order valence-electron chi connectivity index (χ3n) is 13.4. The minimum absolute atomic E-state index is 0.0819. The summed E-state index contributed by atoms with van der Waals surface area (Å²) >= 11 is 0. The summed E-state index contributed by atoms with van der Waals surface area (Å²) in [5.74, 6) is 3.29. The number of hydrogen-bond donors (Lipinski definition) is 0. The van der Waals surface area contributed by atoms with E-state index in [4.69, 9.17) is 4.74 Å². The first kappa shape index (κ1) is 24.8. The van der Waals surface area contributed by atoms with Crippen LogP contribution in [0, 0.1) is 50.7 Å². The maximum atomic E-state index is 12.0. The van der Waals surface area contributed by atoms with Crippen LogP contribution in [-0.2, 0) is 14.3 Å². The Morgan fingerprint density at radius 1 is 0.882 bits per heavy atom. The zero-order valence-corrected chi connectivity index (χ0v) is 23.1. The van der Waals surface area contributed by atoms with E-state index in [9.17, 15) is 9.59 Å². The van der Waals surface area contributed by atoms with Crippen molar-refractivity contribution in [2.24, 2.45) is 50.7 Å². The van der Waals surface area contributed by atoms with Crippen molar-refractivity contribution in [1.29, 1.82) is 0 Å². The van der Waals surface area contributed by atoms with Crippen LogP contribution in [-0.4, -0.2) is 17.9 Å². The van der Waals surface area contributed by atoms with Gasteiger partial charge in [-0.15, -0.1) is 0 Å². The first-order chi connectivity index (χ1) is 15.9. The van der Waals surface area contributed by atoms with E-state index >= 15 is 0 Å². The van der Waals surface area contributed by atoms with Crippen LogP contribution in [0.2, 0.25) is 0 Å². The standard InChI is InChI=1S/C31H50O3/c1-8-22(33)10-9-20(2)23-13-15-29(7)25-12-11-24-27(4,5)26(34-21(3)32)14-16-30(24)19-31(25,30)18-17-28(23,29)6/h20,23-26H,8-19H2,1-7H3. The molecule has 192 valence electrons. The number of fused-ring (bicyclic) bond motifs is 2. The second kappa shape index (κ2) is 7.82. The highest BCUT2D eigenvalue weighted by Gasteiger charge is 2.82. The van der Waals surface area contributed by atoms with Crippen LogP contribution < -0.4 is 0 Å². The van der Waals surface area contributed by atoms with Crippen LogP contribution in [0.4, 0.5) is 0 Å². The molecule has 9 atom stereocenters. The number of carbonyl (C=O) groups is 2. The summed E-state index contributed by atoms with van der Waals surface area (Å²) < 4.78 is 5.88. The summed E-state index contributed by atoms with van der Waals surface area (Å²) in [4.78, 5) is 23.9. The van der Waals surface area contributed by atoms with Crippen molar-refractivity contribution < 1.29 is 14.3 Å². The first-order valence-electron chi connectivity index (χ1n) is 14.6. The van der Waals surface area contributed by atoms with Gasteiger partial charge in [0.1, 0.15) is 11.9 Å². The Hall–Kier alpha value is -0.860. The molecule has 5 saturated carbocycles. The van der Waals surface area contributed by atoms with E-state index < -0.39 is 0 Å². The molecule has 0 aliphatic heterocycles. The Balaban J connectivity index is 1.39. The zero-order valence-electron chi connectivity index (χ0n) is 23.1. The molecule has 0 aromatic carbocycles. The number of ether oxygens (including phenoxy) is 1. The number of carbonyl (C=O) groups excluding carboxylic acids is 2. The van der Waals surface area contributed by atoms with Crippen LogP contribution in [0.3, 0.4) is 0 Å². The van der Waals surface area contributed by atoms with Gasteiger partial charge < -0.3 is 4.74 Å². The zero-order chi connectivity index (χ0) is 24.7. The molecule has 3 nitrogen and oxygen atoms in total. The van der Waals surface area contributed by atoms with Crippen LogP contribution in [0.25, 0.3) is 0 Å². The maximum Gasteiger partial charge on any atom is 0.302 e. The number of esters is 1. The molecular weight excluding hydrogens is 420 g/mol. The van der Waals surface area contributed by atoms with Gasteiger partial charge in [-0.05, 0) is 110 Å². The number of Topliss-reactive ketones (excluding diaryl/α,β-unsaturated/α-hetero) is 1. The summed E-state index contributed by atoms with van der Waals surface area (Å²) in [6.07, 6.45) is 14.6. The smallest absolute Gasteiger partial charge is 0.302 e. The van der Waals surface area contributed by atoms with Gasteiger partial charge in [0.15, 0.2) is 0 Å². The normalized spacial score (nSPS) is 49.1. The van der Waals surface area contributed by atoms with Crippen molar-refractivity contribution in [2.45, 2.75) is 132 Å². The predicted octanol–water partition coefficient (Wildman–Crippen LogP) is 7.75. The Bertz CT molecular complexity index is 861. The third kappa shape index (κ3) is 3.06.